The first-order valence-electron chi connectivity index (χ1n) is 6.09. The number of aryl methyl sites for hydroxylation is 1. The summed E-state index contributed by atoms with van der Waals surface area (Å²) < 4.78 is 4.78. The van der Waals surface area contributed by atoms with Crippen LogP contribution in [-0.2, 0) is 9.53 Å². The summed E-state index contributed by atoms with van der Waals surface area (Å²) in [4.78, 5) is 11.4. The van der Waals surface area contributed by atoms with Crippen molar-refractivity contribution in [2.24, 2.45) is 5.92 Å². The zero-order chi connectivity index (χ0) is 12.3. The standard InChI is InChI=1S/C14H19NO2/c1-10-5-3-4-6-12(10)13-8-7-11(9-15-13)14(16)17-2/h3-6,11,13,15H,7-9H2,1-2H3. The van der Waals surface area contributed by atoms with Crippen molar-refractivity contribution in [3.63, 3.8) is 0 Å². The van der Waals surface area contributed by atoms with Crippen LogP contribution in [0.4, 0.5) is 0 Å². The number of nitrogens with one attached hydrogen (secondary N) is 1. The lowest BCUT2D eigenvalue weighted by Crippen LogP contribution is -2.37. The molecule has 0 radical (unpaired) electrons. The molecule has 1 aliphatic rings. The van der Waals surface area contributed by atoms with Crippen LogP contribution in [0.15, 0.2) is 24.3 Å². The molecular weight excluding hydrogens is 214 g/mol. The molecular formula is C14H19NO2. The van der Waals surface area contributed by atoms with Crippen LogP contribution in [0.25, 0.3) is 0 Å². The van der Waals surface area contributed by atoms with E-state index >= 15 is 0 Å². The molecule has 0 aromatic heterocycles. The predicted molar refractivity (Wildman–Crippen MR) is 66.7 cm³/mol. The molecule has 1 fully saturated rings. The van der Waals surface area contributed by atoms with Gasteiger partial charge in [-0.1, -0.05) is 24.3 Å². The molecule has 2 rings (SSSR count). The van der Waals surface area contributed by atoms with Gasteiger partial charge in [-0.3, -0.25) is 4.79 Å². The third kappa shape index (κ3) is 2.67. The quantitative estimate of drug-likeness (QED) is 0.796. The fourth-order valence-electron chi connectivity index (χ4n) is 2.47. The number of methoxy groups -OCH3 is 1. The van der Waals surface area contributed by atoms with Gasteiger partial charge in [0.2, 0.25) is 0 Å². The average Bonchev–Trinajstić information content (AvgIpc) is 2.39. The Bertz CT molecular complexity index is 395. The Kier molecular flexibility index (Phi) is 3.79. The molecule has 92 valence electrons. The fraction of sp³-hybridized carbons (Fsp3) is 0.500. The van der Waals surface area contributed by atoms with Crippen LogP contribution in [0.3, 0.4) is 0 Å². The van der Waals surface area contributed by atoms with Gasteiger partial charge < -0.3 is 10.1 Å². The number of esters is 1. The molecule has 2 unspecified atom stereocenters. The molecule has 0 spiro atoms. The van der Waals surface area contributed by atoms with Crippen LogP contribution in [0, 0.1) is 12.8 Å². The maximum atomic E-state index is 11.4. The van der Waals surface area contributed by atoms with Crippen LogP contribution in [0.2, 0.25) is 0 Å². The van der Waals surface area contributed by atoms with Crippen LogP contribution in [-0.4, -0.2) is 19.6 Å². The van der Waals surface area contributed by atoms with E-state index < -0.39 is 0 Å². The highest BCUT2D eigenvalue weighted by molar-refractivity contribution is 5.72. The number of hydrogen-bond donors (Lipinski definition) is 1. The summed E-state index contributed by atoms with van der Waals surface area (Å²) in [5, 5.41) is 3.44. The minimum absolute atomic E-state index is 0.0141. The number of rotatable bonds is 2. The van der Waals surface area contributed by atoms with Gasteiger partial charge >= 0.3 is 5.97 Å². The van der Waals surface area contributed by atoms with Crippen molar-refractivity contribution in [1.82, 2.24) is 5.32 Å². The van der Waals surface area contributed by atoms with Crippen molar-refractivity contribution in [1.29, 1.82) is 0 Å². The highest BCUT2D eigenvalue weighted by Gasteiger charge is 2.27. The second-order valence-corrected chi connectivity index (χ2v) is 4.61. The molecule has 2 atom stereocenters. The minimum Gasteiger partial charge on any atom is -0.469 e. The number of piperidine rings is 1. The second kappa shape index (κ2) is 5.32. The van der Waals surface area contributed by atoms with E-state index in [9.17, 15) is 4.79 Å². The van der Waals surface area contributed by atoms with Crippen molar-refractivity contribution in [2.45, 2.75) is 25.8 Å². The first-order chi connectivity index (χ1) is 8.22. The lowest BCUT2D eigenvalue weighted by atomic mass is 9.89. The first kappa shape index (κ1) is 12.1. The van der Waals surface area contributed by atoms with Gasteiger partial charge in [-0.15, -0.1) is 0 Å². The first-order valence-corrected chi connectivity index (χ1v) is 6.09. The summed E-state index contributed by atoms with van der Waals surface area (Å²) in [7, 11) is 1.45. The van der Waals surface area contributed by atoms with E-state index in [0.29, 0.717) is 12.6 Å². The van der Waals surface area contributed by atoms with E-state index in [1.54, 1.807) is 0 Å². The SMILES string of the molecule is COC(=O)C1CCC(c2ccccc2C)NC1. The van der Waals surface area contributed by atoms with Gasteiger partial charge in [0, 0.05) is 12.6 Å². The topological polar surface area (TPSA) is 38.3 Å². The zero-order valence-corrected chi connectivity index (χ0v) is 10.4. The molecule has 0 bridgehead atoms. The molecule has 1 aromatic carbocycles. The number of ether oxygens (including phenoxy) is 1. The van der Waals surface area contributed by atoms with Gasteiger partial charge in [0.25, 0.3) is 0 Å². The molecule has 1 saturated heterocycles. The van der Waals surface area contributed by atoms with Crippen LogP contribution >= 0.6 is 0 Å². The zero-order valence-electron chi connectivity index (χ0n) is 10.4. The van der Waals surface area contributed by atoms with Gasteiger partial charge in [0.1, 0.15) is 0 Å². The maximum Gasteiger partial charge on any atom is 0.309 e. The van der Waals surface area contributed by atoms with E-state index in [1.165, 1.54) is 18.2 Å². The van der Waals surface area contributed by atoms with Crippen LogP contribution in [0.5, 0.6) is 0 Å². The van der Waals surface area contributed by atoms with E-state index in [-0.39, 0.29) is 11.9 Å². The Labute approximate surface area is 102 Å². The molecule has 1 N–H and O–H groups in total. The fourth-order valence-corrected chi connectivity index (χ4v) is 2.47. The van der Waals surface area contributed by atoms with Crippen molar-refractivity contribution < 1.29 is 9.53 Å². The van der Waals surface area contributed by atoms with Crippen LogP contribution in [0.1, 0.15) is 30.0 Å². The lowest BCUT2D eigenvalue weighted by molar-refractivity contribution is -0.146. The summed E-state index contributed by atoms with van der Waals surface area (Å²) in [6.45, 7) is 2.84. The van der Waals surface area contributed by atoms with E-state index in [0.717, 1.165) is 12.8 Å². The third-order valence-corrected chi connectivity index (χ3v) is 3.51. The molecule has 0 saturated carbocycles. The molecule has 0 aliphatic carbocycles. The van der Waals surface area contributed by atoms with Crippen LogP contribution < -0.4 is 5.32 Å². The van der Waals surface area contributed by atoms with Gasteiger partial charge in [0.15, 0.2) is 0 Å². The number of carbonyl (C=O) groups excluding carboxylic acids is 1. The predicted octanol–water partition coefficient (Wildman–Crippen LogP) is 2.21. The Hall–Kier alpha value is -1.35. The average molecular weight is 233 g/mol. The number of benzene rings is 1. The molecule has 1 aromatic rings. The summed E-state index contributed by atoms with van der Waals surface area (Å²) in [6.07, 6.45) is 1.89. The van der Waals surface area contributed by atoms with Gasteiger partial charge in [-0.05, 0) is 30.9 Å². The van der Waals surface area contributed by atoms with Gasteiger partial charge in [0.05, 0.1) is 13.0 Å². The molecule has 17 heavy (non-hydrogen) atoms. The highest BCUT2D eigenvalue weighted by Crippen LogP contribution is 2.28. The smallest absolute Gasteiger partial charge is 0.309 e. The maximum absolute atomic E-state index is 11.4. The second-order valence-electron chi connectivity index (χ2n) is 4.61. The third-order valence-electron chi connectivity index (χ3n) is 3.51. The van der Waals surface area contributed by atoms with Crippen molar-refractivity contribution in [3.8, 4) is 0 Å². The summed E-state index contributed by atoms with van der Waals surface area (Å²) in [5.41, 5.74) is 2.65. The normalized spacial score (nSPS) is 24.4. The molecule has 1 heterocycles. The summed E-state index contributed by atoms with van der Waals surface area (Å²) >= 11 is 0. The summed E-state index contributed by atoms with van der Waals surface area (Å²) in [6, 6.07) is 8.78. The number of hydrogen-bond acceptors (Lipinski definition) is 3. The molecule has 3 heteroatoms. The minimum atomic E-state index is -0.0965. The van der Waals surface area contributed by atoms with E-state index in [4.69, 9.17) is 4.74 Å². The Morgan fingerprint density at radius 3 is 2.71 bits per heavy atom. The molecule has 1 aliphatic heterocycles. The van der Waals surface area contributed by atoms with Crippen molar-refractivity contribution in [2.75, 3.05) is 13.7 Å². The summed E-state index contributed by atoms with van der Waals surface area (Å²) in [5.74, 6) is -0.0824. The monoisotopic (exact) mass is 233 g/mol. The highest BCUT2D eigenvalue weighted by atomic mass is 16.5. The lowest BCUT2D eigenvalue weighted by Gasteiger charge is -2.29. The van der Waals surface area contributed by atoms with E-state index in [2.05, 4.69) is 36.5 Å². The van der Waals surface area contributed by atoms with E-state index in [1.807, 2.05) is 0 Å². The Morgan fingerprint density at radius 1 is 1.35 bits per heavy atom. The Balaban J connectivity index is 2.00. The largest absolute Gasteiger partial charge is 0.469 e. The number of carbonyl (C=O) groups is 1. The van der Waals surface area contributed by atoms with Gasteiger partial charge in [-0.25, -0.2) is 0 Å². The van der Waals surface area contributed by atoms with Crippen molar-refractivity contribution in [3.05, 3.63) is 35.4 Å². The molecule has 3 nitrogen and oxygen atoms in total. The van der Waals surface area contributed by atoms with Gasteiger partial charge in [-0.2, -0.15) is 0 Å². The Morgan fingerprint density at radius 2 is 2.12 bits per heavy atom. The van der Waals surface area contributed by atoms with Crippen molar-refractivity contribution >= 4 is 5.97 Å². The molecule has 0 amide bonds.